The number of aromatic nitrogens is 3. The van der Waals surface area contributed by atoms with Gasteiger partial charge in [0, 0.05) is 17.7 Å². The van der Waals surface area contributed by atoms with Gasteiger partial charge in [-0.05, 0) is 29.8 Å². The van der Waals surface area contributed by atoms with Gasteiger partial charge in [-0.25, -0.2) is 4.98 Å². The molecule has 0 amide bonds. The van der Waals surface area contributed by atoms with E-state index in [9.17, 15) is 0 Å². The molecule has 0 aliphatic carbocycles. The van der Waals surface area contributed by atoms with Gasteiger partial charge >= 0.3 is 0 Å². The van der Waals surface area contributed by atoms with Crippen LogP contribution in [0.15, 0.2) is 48.5 Å². The maximum Gasteiger partial charge on any atom is 0.181 e. The molecule has 2 aromatic carbocycles. The number of benzene rings is 2. The van der Waals surface area contributed by atoms with Crippen LogP contribution in [0.1, 0.15) is 5.56 Å². The zero-order valence-electron chi connectivity index (χ0n) is 11.7. The average Bonchev–Trinajstić information content (AvgIpc) is 3.05. The molecular weight excluding hydrogens is 264 g/mol. The standard InChI is InChI=1S/C16H16N4O/c1-21-14-8-6-13(7-9-14)16-18-15(19-20-16)12-4-2-11(10-17)3-5-12/h2-9H,10,17H2,1H3,(H,18,19,20). The van der Waals surface area contributed by atoms with Crippen LogP contribution in [-0.2, 0) is 6.54 Å². The molecule has 0 atom stereocenters. The Morgan fingerprint density at radius 2 is 1.67 bits per heavy atom. The summed E-state index contributed by atoms with van der Waals surface area (Å²) in [6.07, 6.45) is 0. The van der Waals surface area contributed by atoms with Crippen molar-refractivity contribution in [3.63, 3.8) is 0 Å². The van der Waals surface area contributed by atoms with Crippen molar-refractivity contribution in [2.24, 2.45) is 5.73 Å². The normalized spacial score (nSPS) is 10.6. The molecule has 0 aliphatic rings. The second kappa shape index (κ2) is 5.76. The molecule has 3 N–H and O–H groups in total. The fourth-order valence-electron chi connectivity index (χ4n) is 2.06. The summed E-state index contributed by atoms with van der Waals surface area (Å²) in [7, 11) is 1.64. The Balaban J connectivity index is 1.87. The minimum absolute atomic E-state index is 0.535. The Hall–Kier alpha value is -2.66. The molecule has 1 heterocycles. The van der Waals surface area contributed by atoms with Gasteiger partial charge in [-0.15, -0.1) is 0 Å². The maximum absolute atomic E-state index is 5.60. The first-order valence-corrected chi connectivity index (χ1v) is 6.66. The molecule has 21 heavy (non-hydrogen) atoms. The van der Waals surface area contributed by atoms with Crippen LogP contribution in [0, 0.1) is 0 Å². The van der Waals surface area contributed by atoms with Crippen molar-refractivity contribution in [1.82, 2.24) is 15.2 Å². The van der Waals surface area contributed by atoms with E-state index in [4.69, 9.17) is 10.5 Å². The first-order chi connectivity index (χ1) is 10.3. The van der Waals surface area contributed by atoms with Crippen molar-refractivity contribution < 1.29 is 4.74 Å². The SMILES string of the molecule is COc1ccc(-c2n[nH]c(-c3ccc(CN)cc3)n2)cc1. The van der Waals surface area contributed by atoms with Crippen LogP contribution in [0.3, 0.4) is 0 Å². The van der Waals surface area contributed by atoms with Gasteiger partial charge in [0.25, 0.3) is 0 Å². The fraction of sp³-hybridized carbons (Fsp3) is 0.125. The van der Waals surface area contributed by atoms with Crippen LogP contribution in [0.5, 0.6) is 5.75 Å². The van der Waals surface area contributed by atoms with Gasteiger partial charge in [0.1, 0.15) is 5.75 Å². The van der Waals surface area contributed by atoms with E-state index >= 15 is 0 Å². The Morgan fingerprint density at radius 3 is 2.29 bits per heavy atom. The van der Waals surface area contributed by atoms with E-state index in [0.717, 1.165) is 28.3 Å². The van der Waals surface area contributed by atoms with Gasteiger partial charge in [-0.2, -0.15) is 5.10 Å². The molecule has 0 bridgehead atoms. The molecule has 0 fully saturated rings. The summed E-state index contributed by atoms with van der Waals surface area (Å²) in [4.78, 5) is 4.52. The second-order valence-corrected chi connectivity index (χ2v) is 4.64. The van der Waals surface area contributed by atoms with Crippen molar-refractivity contribution in [3.05, 3.63) is 54.1 Å². The van der Waals surface area contributed by atoms with Gasteiger partial charge in [0.15, 0.2) is 11.6 Å². The third-order valence-electron chi connectivity index (χ3n) is 3.30. The Morgan fingerprint density at radius 1 is 1.00 bits per heavy atom. The molecular formula is C16H16N4O. The molecule has 1 aromatic heterocycles. The smallest absolute Gasteiger partial charge is 0.181 e. The van der Waals surface area contributed by atoms with Crippen molar-refractivity contribution in [1.29, 1.82) is 0 Å². The van der Waals surface area contributed by atoms with Crippen LogP contribution in [0.4, 0.5) is 0 Å². The predicted octanol–water partition coefficient (Wildman–Crippen LogP) is 2.61. The molecule has 0 saturated heterocycles. The fourth-order valence-corrected chi connectivity index (χ4v) is 2.06. The number of nitrogens with two attached hydrogens (primary N) is 1. The first kappa shape index (κ1) is 13.3. The summed E-state index contributed by atoms with van der Waals surface area (Å²) in [5.41, 5.74) is 8.61. The van der Waals surface area contributed by atoms with E-state index in [-0.39, 0.29) is 0 Å². The number of methoxy groups -OCH3 is 1. The highest BCUT2D eigenvalue weighted by Crippen LogP contribution is 2.22. The zero-order valence-corrected chi connectivity index (χ0v) is 11.7. The van der Waals surface area contributed by atoms with Crippen LogP contribution in [-0.4, -0.2) is 22.3 Å². The zero-order chi connectivity index (χ0) is 14.7. The Kier molecular flexibility index (Phi) is 3.66. The quantitative estimate of drug-likeness (QED) is 0.770. The maximum atomic E-state index is 5.60. The molecule has 5 nitrogen and oxygen atoms in total. The van der Waals surface area contributed by atoms with Crippen molar-refractivity contribution in [2.45, 2.75) is 6.54 Å². The first-order valence-electron chi connectivity index (χ1n) is 6.66. The molecule has 0 spiro atoms. The number of rotatable bonds is 4. The van der Waals surface area contributed by atoms with Crippen LogP contribution < -0.4 is 10.5 Å². The van der Waals surface area contributed by atoms with Gasteiger partial charge < -0.3 is 10.5 Å². The van der Waals surface area contributed by atoms with Crippen LogP contribution >= 0.6 is 0 Å². The number of nitrogens with zero attached hydrogens (tertiary/aromatic N) is 2. The van der Waals surface area contributed by atoms with Crippen LogP contribution in [0.2, 0.25) is 0 Å². The number of hydrogen-bond donors (Lipinski definition) is 2. The number of H-pyrrole nitrogens is 1. The summed E-state index contributed by atoms with van der Waals surface area (Å²) < 4.78 is 5.14. The molecule has 0 unspecified atom stereocenters. The predicted molar refractivity (Wildman–Crippen MR) is 81.7 cm³/mol. The number of nitrogens with one attached hydrogen (secondary N) is 1. The summed E-state index contributed by atoms with van der Waals surface area (Å²) in [6, 6.07) is 15.6. The molecule has 3 rings (SSSR count). The van der Waals surface area contributed by atoms with Gasteiger partial charge in [0.05, 0.1) is 7.11 Å². The molecule has 0 saturated carbocycles. The summed E-state index contributed by atoms with van der Waals surface area (Å²) in [6.45, 7) is 0.535. The monoisotopic (exact) mass is 280 g/mol. The minimum Gasteiger partial charge on any atom is -0.497 e. The highest BCUT2D eigenvalue weighted by molar-refractivity contribution is 5.61. The molecule has 0 radical (unpaired) electrons. The highest BCUT2D eigenvalue weighted by atomic mass is 16.5. The van der Waals surface area contributed by atoms with E-state index in [1.807, 2.05) is 48.5 Å². The average molecular weight is 280 g/mol. The lowest BCUT2D eigenvalue weighted by Crippen LogP contribution is -1.95. The molecule has 5 heteroatoms. The Labute approximate surface area is 122 Å². The summed E-state index contributed by atoms with van der Waals surface area (Å²) >= 11 is 0. The van der Waals surface area contributed by atoms with Crippen molar-refractivity contribution in [2.75, 3.05) is 7.11 Å². The van der Waals surface area contributed by atoms with Crippen LogP contribution in [0.25, 0.3) is 22.8 Å². The third kappa shape index (κ3) is 2.78. The van der Waals surface area contributed by atoms with Crippen molar-refractivity contribution >= 4 is 0 Å². The summed E-state index contributed by atoms with van der Waals surface area (Å²) in [5, 5.41) is 7.22. The lowest BCUT2D eigenvalue weighted by atomic mass is 10.1. The van der Waals surface area contributed by atoms with Crippen molar-refractivity contribution in [3.8, 4) is 28.5 Å². The molecule has 3 aromatic rings. The minimum atomic E-state index is 0.535. The molecule has 0 aliphatic heterocycles. The van der Waals surface area contributed by atoms with E-state index < -0.39 is 0 Å². The lowest BCUT2D eigenvalue weighted by molar-refractivity contribution is 0.415. The van der Waals surface area contributed by atoms with Gasteiger partial charge in [0.2, 0.25) is 0 Å². The van der Waals surface area contributed by atoms with E-state index in [1.54, 1.807) is 7.11 Å². The van der Waals surface area contributed by atoms with E-state index in [2.05, 4.69) is 15.2 Å². The lowest BCUT2D eigenvalue weighted by Gasteiger charge is -2.00. The highest BCUT2D eigenvalue weighted by Gasteiger charge is 2.07. The number of aromatic amines is 1. The largest absolute Gasteiger partial charge is 0.497 e. The number of hydrogen-bond acceptors (Lipinski definition) is 4. The third-order valence-corrected chi connectivity index (χ3v) is 3.30. The van der Waals surface area contributed by atoms with Gasteiger partial charge in [-0.1, -0.05) is 24.3 Å². The molecule has 106 valence electrons. The number of ether oxygens (including phenoxy) is 1. The Bertz CT molecular complexity index is 655. The topological polar surface area (TPSA) is 76.8 Å². The second-order valence-electron chi connectivity index (χ2n) is 4.64. The van der Waals surface area contributed by atoms with E-state index in [0.29, 0.717) is 12.4 Å². The van der Waals surface area contributed by atoms with Gasteiger partial charge in [-0.3, -0.25) is 5.10 Å². The summed E-state index contributed by atoms with van der Waals surface area (Å²) in [5.74, 6) is 2.21. The van der Waals surface area contributed by atoms with E-state index in [1.165, 1.54) is 0 Å².